The van der Waals surface area contributed by atoms with Gasteiger partial charge in [-0.1, -0.05) is 53.0 Å². The Morgan fingerprint density at radius 1 is 1.08 bits per heavy atom. The minimum absolute atomic E-state index is 0.148. The van der Waals surface area contributed by atoms with Crippen LogP contribution < -0.4 is 10.1 Å². The Hall–Kier alpha value is -2.21. The summed E-state index contributed by atoms with van der Waals surface area (Å²) in [5.41, 5.74) is 1.51. The largest absolute Gasteiger partial charge is 0.486 e. The molecular formula is C18H13Cl3N2O3. The van der Waals surface area contributed by atoms with Gasteiger partial charge in [-0.15, -0.1) is 0 Å². The Morgan fingerprint density at radius 3 is 2.31 bits per heavy atom. The highest BCUT2D eigenvalue weighted by molar-refractivity contribution is 6.37. The highest BCUT2D eigenvalue weighted by Gasteiger charge is 2.30. The molecule has 1 saturated heterocycles. The van der Waals surface area contributed by atoms with Crippen LogP contribution in [0.2, 0.25) is 15.1 Å². The number of hydrogen-bond acceptors (Lipinski definition) is 3. The molecule has 0 unspecified atom stereocenters. The topological polar surface area (TPSA) is 58.6 Å². The van der Waals surface area contributed by atoms with Crippen LogP contribution in [0.3, 0.4) is 0 Å². The molecule has 1 heterocycles. The SMILES string of the molecule is CN1C(=O)N/C(=C/c2cc(Cl)c(OCc3ccccc3Cl)c(Cl)c2)C1=O. The molecule has 0 aliphatic carbocycles. The maximum atomic E-state index is 11.9. The maximum Gasteiger partial charge on any atom is 0.328 e. The molecule has 26 heavy (non-hydrogen) atoms. The summed E-state index contributed by atoms with van der Waals surface area (Å²) in [5, 5.41) is 3.62. The summed E-state index contributed by atoms with van der Waals surface area (Å²) >= 11 is 18.6. The van der Waals surface area contributed by atoms with Crippen LogP contribution in [0, 0.1) is 0 Å². The molecule has 3 rings (SSSR count). The molecule has 2 aromatic carbocycles. The van der Waals surface area contributed by atoms with Crippen LogP contribution >= 0.6 is 34.8 Å². The minimum Gasteiger partial charge on any atom is -0.486 e. The lowest BCUT2D eigenvalue weighted by molar-refractivity contribution is -0.121. The molecule has 0 aromatic heterocycles. The fraction of sp³-hybridized carbons (Fsp3) is 0.111. The maximum absolute atomic E-state index is 11.9. The lowest BCUT2D eigenvalue weighted by Gasteiger charge is -2.12. The Bertz CT molecular complexity index is 905. The third-order valence-corrected chi connectivity index (χ3v) is 4.67. The molecule has 1 aliphatic rings. The number of hydrogen-bond donors (Lipinski definition) is 1. The summed E-state index contributed by atoms with van der Waals surface area (Å²) in [6.07, 6.45) is 1.50. The van der Waals surface area contributed by atoms with Gasteiger partial charge in [-0.3, -0.25) is 9.69 Å². The fourth-order valence-electron chi connectivity index (χ4n) is 2.36. The molecule has 134 valence electrons. The molecule has 0 spiro atoms. The van der Waals surface area contributed by atoms with Crippen molar-refractivity contribution in [2.24, 2.45) is 0 Å². The second kappa shape index (κ2) is 7.58. The molecule has 5 nitrogen and oxygen atoms in total. The fourth-order valence-corrected chi connectivity index (χ4v) is 3.16. The first kappa shape index (κ1) is 18.6. The van der Waals surface area contributed by atoms with Crippen molar-refractivity contribution in [1.82, 2.24) is 10.2 Å². The van der Waals surface area contributed by atoms with E-state index in [0.717, 1.165) is 10.5 Å². The minimum atomic E-state index is -0.488. The van der Waals surface area contributed by atoms with Crippen molar-refractivity contribution in [1.29, 1.82) is 0 Å². The quantitative estimate of drug-likeness (QED) is 0.583. The number of urea groups is 1. The van der Waals surface area contributed by atoms with Gasteiger partial charge in [0.05, 0.1) is 10.0 Å². The second-order valence-electron chi connectivity index (χ2n) is 5.55. The molecule has 1 fully saturated rings. The van der Waals surface area contributed by atoms with Gasteiger partial charge >= 0.3 is 6.03 Å². The number of halogens is 3. The van der Waals surface area contributed by atoms with E-state index in [2.05, 4.69) is 5.32 Å². The lowest BCUT2D eigenvalue weighted by atomic mass is 10.1. The number of nitrogens with zero attached hydrogens (tertiary/aromatic N) is 1. The van der Waals surface area contributed by atoms with Gasteiger partial charge in [0, 0.05) is 17.6 Å². The van der Waals surface area contributed by atoms with Gasteiger partial charge in [-0.2, -0.15) is 0 Å². The lowest BCUT2D eigenvalue weighted by Crippen LogP contribution is -2.25. The first-order valence-corrected chi connectivity index (χ1v) is 8.66. The predicted octanol–water partition coefficient (Wildman–Crippen LogP) is 4.75. The summed E-state index contributed by atoms with van der Waals surface area (Å²) < 4.78 is 5.70. The van der Waals surface area contributed by atoms with Crippen molar-refractivity contribution < 1.29 is 14.3 Å². The number of ether oxygens (including phenoxy) is 1. The molecule has 2 aromatic rings. The smallest absolute Gasteiger partial charge is 0.328 e. The first-order chi connectivity index (χ1) is 12.4. The summed E-state index contributed by atoms with van der Waals surface area (Å²) in [7, 11) is 1.39. The molecule has 0 bridgehead atoms. The van der Waals surface area contributed by atoms with Gasteiger partial charge < -0.3 is 10.1 Å². The predicted molar refractivity (Wildman–Crippen MR) is 102 cm³/mol. The van der Waals surface area contributed by atoms with E-state index in [-0.39, 0.29) is 22.3 Å². The van der Waals surface area contributed by atoms with Crippen molar-refractivity contribution in [2.45, 2.75) is 6.61 Å². The van der Waals surface area contributed by atoms with E-state index < -0.39 is 11.9 Å². The van der Waals surface area contributed by atoms with Crippen LogP contribution in [0.5, 0.6) is 5.75 Å². The summed E-state index contributed by atoms with van der Waals surface area (Å²) in [6, 6.07) is 10.00. The molecule has 3 amide bonds. The van der Waals surface area contributed by atoms with Gasteiger partial charge in [-0.25, -0.2) is 4.79 Å². The molecule has 8 heteroatoms. The standard InChI is InChI=1S/C18H13Cl3N2O3/c1-23-17(24)15(22-18(23)25)8-10-6-13(20)16(14(21)7-10)26-9-11-4-2-3-5-12(11)19/h2-8H,9H2,1H3,(H,22,25)/b15-8+. The zero-order chi connectivity index (χ0) is 18.8. The van der Waals surface area contributed by atoms with Gasteiger partial charge in [0.25, 0.3) is 5.91 Å². The third kappa shape index (κ3) is 3.80. The monoisotopic (exact) mass is 410 g/mol. The van der Waals surface area contributed by atoms with E-state index in [4.69, 9.17) is 39.5 Å². The zero-order valence-corrected chi connectivity index (χ0v) is 15.8. The Balaban J connectivity index is 1.82. The van der Waals surface area contributed by atoms with Crippen LogP contribution in [0.15, 0.2) is 42.1 Å². The number of rotatable bonds is 4. The zero-order valence-electron chi connectivity index (χ0n) is 13.6. The Labute approximate surface area is 165 Å². The van der Waals surface area contributed by atoms with Gasteiger partial charge in [0.2, 0.25) is 0 Å². The van der Waals surface area contributed by atoms with Crippen LogP contribution in [0.25, 0.3) is 6.08 Å². The van der Waals surface area contributed by atoms with E-state index in [1.54, 1.807) is 18.2 Å². The number of amides is 3. The van der Waals surface area contributed by atoms with Crippen LogP contribution in [0.4, 0.5) is 4.79 Å². The van der Waals surface area contributed by atoms with Crippen LogP contribution in [-0.4, -0.2) is 23.9 Å². The summed E-state index contributed by atoms with van der Waals surface area (Å²) in [6.45, 7) is 0.207. The van der Waals surface area contributed by atoms with E-state index in [1.807, 2.05) is 18.2 Å². The molecule has 1 aliphatic heterocycles. The molecule has 0 radical (unpaired) electrons. The normalized spacial score (nSPS) is 15.5. The van der Waals surface area contributed by atoms with Gasteiger partial charge in [0.15, 0.2) is 5.75 Å². The molecular weight excluding hydrogens is 399 g/mol. The number of likely N-dealkylation sites (N-methyl/N-ethyl adjacent to an activating group) is 1. The number of carbonyl (C=O) groups excluding carboxylic acids is 2. The van der Waals surface area contributed by atoms with Crippen molar-refractivity contribution in [3.63, 3.8) is 0 Å². The molecule has 0 atom stereocenters. The number of benzene rings is 2. The first-order valence-electron chi connectivity index (χ1n) is 7.53. The van der Waals surface area contributed by atoms with Crippen molar-refractivity contribution in [3.05, 3.63) is 68.3 Å². The van der Waals surface area contributed by atoms with E-state index in [0.29, 0.717) is 16.3 Å². The van der Waals surface area contributed by atoms with Gasteiger partial charge in [-0.05, 0) is 29.8 Å². The van der Waals surface area contributed by atoms with E-state index in [9.17, 15) is 9.59 Å². The van der Waals surface area contributed by atoms with Crippen molar-refractivity contribution in [3.8, 4) is 5.75 Å². The average molecular weight is 412 g/mol. The van der Waals surface area contributed by atoms with Crippen molar-refractivity contribution >= 4 is 52.8 Å². The van der Waals surface area contributed by atoms with Gasteiger partial charge in [0.1, 0.15) is 12.3 Å². The van der Waals surface area contributed by atoms with E-state index in [1.165, 1.54) is 13.1 Å². The number of imide groups is 1. The highest BCUT2D eigenvalue weighted by atomic mass is 35.5. The summed E-state index contributed by atoms with van der Waals surface area (Å²) in [4.78, 5) is 24.4. The molecule has 1 N–H and O–H groups in total. The van der Waals surface area contributed by atoms with E-state index >= 15 is 0 Å². The Morgan fingerprint density at radius 2 is 1.73 bits per heavy atom. The average Bonchev–Trinajstić information content (AvgIpc) is 2.82. The third-order valence-electron chi connectivity index (χ3n) is 3.74. The van der Waals surface area contributed by atoms with Crippen LogP contribution in [0.1, 0.15) is 11.1 Å². The highest BCUT2D eigenvalue weighted by Crippen LogP contribution is 2.36. The second-order valence-corrected chi connectivity index (χ2v) is 6.77. The number of nitrogens with one attached hydrogen (secondary N) is 1. The van der Waals surface area contributed by atoms with Crippen molar-refractivity contribution in [2.75, 3.05) is 7.05 Å². The number of carbonyl (C=O) groups is 2. The van der Waals surface area contributed by atoms with Crippen LogP contribution in [-0.2, 0) is 11.4 Å². The Kier molecular flexibility index (Phi) is 5.41. The molecule has 0 saturated carbocycles. The summed E-state index contributed by atoms with van der Waals surface area (Å²) in [5.74, 6) is -0.115.